The molecule has 108 valence electrons. The van der Waals surface area contributed by atoms with Gasteiger partial charge in [-0.2, -0.15) is 0 Å². The number of nitro groups is 1. The molecule has 0 bridgehead atoms. The predicted octanol–water partition coefficient (Wildman–Crippen LogP) is 2.59. The van der Waals surface area contributed by atoms with Crippen LogP contribution in [-0.4, -0.2) is 36.1 Å². The molecular formula is C13H16N2O5. The lowest BCUT2D eigenvalue weighted by molar-refractivity contribution is -0.385. The zero-order chi connectivity index (χ0) is 14.5. The molecule has 0 N–H and O–H groups in total. The molecule has 1 aliphatic rings. The van der Waals surface area contributed by atoms with Crippen LogP contribution < -0.4 is 9.47 Å². The molecule has 0 radical (unpaired) electrons. The Balaban J connectivity index is 2.09. The summed E-state index contributed by atoms with van der Waals surface area (Å²) < 4.78 is 10.1. The van der Waals surface area contributed by atoms with Crippen LogP contribution in [0, 0.1) is 10.1 Å². The lowest BCUT2D eigenvalue weighted by Gasteiger charge is -2.25. The van der Waals surface area contributed by atoms with Gasteiger partial charge in [-0.05, 0) is 25.3 Å². The highest BCUT2D eigenvalue weighted by molar-refractivity contribution is 5.71. The van der Waals surface area contributed by atoms with Gasteiger partial charge in [-0.3, -0.25) is 10.1 Å². The van der Waals surface area contributed by atoms with Gasteiger partial charge < -0.3 is 14.4 Å². The summed E-state index contributed by atoms with van der Waals surface area (Å²) >= 11 is 0. The van der Waals surface area contributed by atoms with Gasteiger partial charge in [0.2, 0.25) is 5.75 Å². The van der Waals surface area contributed by atoms with Crippen molar-refractivity contribution >= 4 is 11.8 Å². The van der Waals surface area contributed by atoms with Gasteiger partial charge >= 0.3 is 11.8 Å². The summed E-state index contributed by atoms with van der Waals surface area (Å²) in [6, 6.07) is 4.00. The second kappa shape index (κ2) is 6.23. The van der Waals surface area contributed by atoms with E-state index in [2.05, 4.69) is 0 Å². The number of nitrogens with zero attached hydrogens (tertiary/aromatic N) is 2. The number of methoxy groups -OCH3 is 1. The number of rotatable bonds is 3. The first-order valence-electron chi connectivity index (χ1n) is 6.41. The fourth-order valence-electron chi connectivity index (χ4n) is 2.11. The third kappa shape index (κ3) is 3.17. The van der Waals surface area contributed by atoms with Crippen LogP contribution in [-0.2, 0) is 0 Å². The number of benzene rings is 1. The fraction of sp³-hybridized carbons (Fsp3) is 0.462. The predicted molar refractivity (Wildman–Crippen MR) is 71.1 cm³/mol. The maximum absolute atomic E-state index is 11.9. The van der Waals surface area contributed by atoms with Crippen LogP contribution in [0.1, 0.15) is 19.3 Å². The number of amides is 1. The topological polar surface area (TPSA) is 81.9 Å². The Morgan fingerprint density at radius 3 is 2.60 bits per heavy atom. The first kappa shape index (κ1) is 14.1. The SMILES string of the molecule is COc1cc(OC(=O)N2CCCCC2)ccc1[N+](=O)[O-]. The smallest absolute Gasteiger partial charge is 0.415 e. The summed E-state index contributed by atoms with van der Waals surface area (Å²) in [6.45, 7) is 1.37. The Bertz CT molecular complexity index is 511. The summed E-state index contributed by atoms with van der Waals surface area (Å²) in [5.41, 5.74) is -0.162. The van der Waals surface area contributed by atoms with Gasteiger partial charge in [0.1, 0.15) is 5.75 Å². The van der Waals surface area contributed by atoms with Crippen molar-refractivity contribution in [2.45, 2.75) is 19.3 Å². The standard InChI is InChI=1S/C13H16N2O5/c1-19-12-9-10(5-6-11(12)15(17)18)20-13(16)14-7-3-2-4-8-14/h5-6,9H,2-4,7-8H2,1H3. The van der Waals surface area contributed by atoms with E-state index in [9.17, 15) is 14.9 Å². The molecule has 1 amide bonds. The highest BCUT2D eigenvalue weighted by atomic mass is 16.6. The van der Waals surface area contributed by atoms with Crippen molar-refractivity contribution in [3.8, 4) is 11.5 Å². The van der Waals surface area contributed by atoms with Crippen molar-refractivity contribution in [1.29, 1.82) is 0 Å². The van der Waals surface area contributed by atoms with Crippen LogP contribution in [0.2, 0.25) is 0 Å². The second-order valence-corrected chi connectivity index (χ2v) is 4.51. The molecule has 1 aromatic carbocycles. The Hall–Kier alpha value is -2.31. The van der Waals surface area contributed by atoms with Crippen LogP contribution in [0.5, 0.6) is 11.5 Å². The Labute approximate surface area is 116 Å². The molecule has 1 fully saturated rings. The fourth-order valence-corrected chi connectivity index (χ4v) is 2.11. The van der Waals surface area contributed by atoms with Crippen molar-refractivity contribution < 1.29 is 19.2 Å². The van der Waals surface area contributed by atoms with Crippen molar-refractivity contribution in [3.05, 3.63) is 28.3 Å². The Morgan fingerprint density at radius 2 is 2.00 bits per heavy atom. The number of nitro benzene ring substituents is 1. The number of hydrogen-bond acceptors (Lipinski definition) is 5. The molecule has 0 unspecified atom stereocenters. The van der Waals surface area contributed by atoms with E-state index in [1.807, 2.05) is 0 Å². The van der Waals surface area contributed by atoms with Crippen molar-refractivity contribution in [1.82, 2.24) is 4.90 Å². The molecule has 1 aliphatic heterocycles. The molecular weight excluding hydrogens is 264 g/mol. The van der Waals surface area contributed by atoms with Crippen molar-refractivity contribution in [3.63, 3.8) is 0 Å². The summed E-state index contributed by atoms with van der Waals surface area (Å²) in [7, 11) is 1.33. The number of hydrogen-bond donors (Lipinski definition) is 0. The van der Waals surface area contributed by atoms with E-state index in [4.69, 9.17) is 9.47 Å². The van der Waals surface area contributed by atoms with Gasteiger partial charge in [-0.15, -0.1) is 0 Å². The number of ether oxygens (including phenoxy) is 2. The highest BCUT2D eigenvalue weighted by Crippen LogP contribution is 2.31. The third-order valence-corrected chi connectivity index (χ3v) is 3.17. The molecule has 0 saturated carbocycles. The van der Waals surface area contributed by atoms with E-state index in [-0.39, 0.29) is 17.2 Å². The van der Waals surface area contributed by atoms with Crippen LogP contribution in [0.15, 0.2) is 18.2 Å². The quantitative estimate of drug-likeness (QED) is 0.627. The lowest BCUT2D eigenvalue weighted by atomic mass is 10.1. The number of carbonyl (C=O) groups excluding carboxylic acids is 1. The second-order valence-electron chi connectivity index (χ2n) is 4.51. The van der Waals surface area contributed by atoms with E-state index in [0.717, 1.165) is 19.3 Å². The molecule has 1 aromatic rings. The van der Waals surface area contributed by atoms with E-state index < -0.39 is 11.0 Å². The minimum atomic E-state index is -0.547. The van der Waals surface area contributed by atoms with Gasteiger partial charge in [-0.1, -0.05) is 0 Å². The average Bonchev–Trinajstić information content (AvgIpc) is 2.47. The summed E-state index contributed by atoms with van der Waals surface area (Å²) in [5, 5.41) is 10.8. The number of piperidine rings is 1. The minimum Gasteiger partial charge on any atom is -0.490 e. The van der Waals surface area contributed by atoms with E-state index >= 15 is 0 Å². The number of carbonyl (C=O) groups is 1. The summed E-state index contributed by atoms with van der Waals surface area (Å²) in [5.74, 6) is 0.307. The monoisotopic (exact) mass is 280 g/mol. The lowest BCUT2D eigenvalue weighted by Crippen LogP contribution is -2.37. The molecule has 0 aromatic heterocycles. The van der Waals surface area contributed by atoms with E-state index in [0.29, 0.717) is 13.1 Å². The zero-order valence-corrected chi connectivity index (χ0v) is 11.2. The molecule has 7 nitrogen and oxygen atoms in total. The van der Waals surface area contributed by atoms with Crippen LogP contribution in [0.4, 0.5) is 10.5 Å². The first-order chi connectivity index (χ1) is 9.61. The van der Waals surface area contributed by atoms with Crippen molar-refractivity contribution in [2.24, 2.45) is 0 Å². The van der Waals surface area contributed by atoms with Crippen molar-refractivity contribution in [2.75, 3.05) is 20.2 Å². The Morgan fingerprint density at radius 1 is 1.30 bits per heavy atom. The molecule has 7 heteroatoms. The Kier molecular flexibility index (Phi) is 4.39. The van der Waals surface area contributed by atoms with Crippen LogP contribution in [0.25, 0.3) is 0 Å². The van der Waals surface area contributed by atoms with Gasteiger partial charge in [0.05, 0.1) is 12.0 Å². The highest BCUT2D eigenvalue weighted by Gasteiger charge is 2.20. The zero-order valence-electron chi connectivity index (χ0n) is 11.2. The van der Waals surface area contributed by atoms with Crippen LogP contribution in [0.3, 0.4) is 0 Å². The third-order valence-electron chi connectivity index (χ3n) is 3.17. The maximum Gasteiger partial charge on any atom is 0.415 e. The van der Waals surface area contributed by atoms with Gasteiger partial charge in [-0.25, -0.2) is 4.79 Å². The molecule has 20 heavy (non-hydrogen) atoms. The molecule has 1 heterocycles. The average molecular weight is 280 g/mol. The summed E-state index contributed by atoms with van der Waals surface area (Å²) in [6.07, 6.45) is 2.63. The van der Waals surface area contributed by atoms with Gasteiger partial charge in [0.15, 0.2) is 0 Å². The minimum absolute atomic E-state index is 0.0685. The normalized spacial score (nSPS) is 14.8. The molecule has 0 atom stereocenters. The van der Waals surface area contributed by atoms with Gasteiger partial charge in [0.25, 0.3) is 0 Å². The first-order valence-corrected chi connectivity index (χ1v) is 6.41. The number of likely N-dealkylation sites (tertiary alicyclic amines) is 1. The largest absolute Gasteiger partial charge is 0.490 e. The van der Waals surface area contributed by atoms with Crippen LogP contribution >= 0.6 is 0 Å². The molecule has 0 spiro atoms. The molecule has 2 rings (SSSR count). The maximum atomic E-state index is 11.9. The molecule has 1 saturated heterocycles. The van der Waals surface area contributed by atoms with E-state index in [1.54, 1.807) is 4.90 Å². The summed E-state index contributed by atoms with van der Waals surface area (Å²) in [4.78, 5) is 23.8. The molecule has 0 aliphatic carbocycles. The van der Waals surface area contributed by atoms with Gasteiger partial charge in [0, 0.05) is 25.2 Å². The van der Waals surface area contributed by atoms with E-state index in [1.165, 1.54) is 25.3 Å².